The second kappa shape index (κ2) is 6.54. The Morgan fingerprint density at radius 1 is 1.38 bits per heavy atom. The van der Waals surface area contributed by atoms with Gasteiger partial charge in [-0.25, -0.2) is 0 Å². The largest absolute Gasteiger partial charge is 0.336 e. The lowest BCUT2D eigenvalue weighted by Crippen LogP contribution is -2.49. The van der Waals surface area contributed by atoms with Crippen LogP contribution in [-0.4, -0.2) is 66.0 Å². The summed E-state index contributed by atoms with van der Waals surface area (Å²) in [6.07, 6.45) is 3.65. The monoisotopic (exact) mass is 288 g/mol. The fraction of sp³-hybridized carbons (Fsp3) is 0.625. The molecule has 0 aromatic carbocycles. The number of amides is 1. The molecule has 0 aliphatic carbocycles. The summed E-state index contributed by atoms with van der Waals surface area (Å²) in [4.78, 5) is 21.5. The minimum atomic E-state index is 0.102. The molecule has 0 radical (unpaired) electrons. The van der Waals surface area contributed by atoms with Gasteiger partial charge in [-0.05, 0) is 24.5 Å². The molecule has 1 amide bonds. The molecule has 1 atom stereocenters. The van der Waals surface area contributed by atoms with E-state index in [-0.39, 0.29) is 5.91 Å². The van der Waals surface area contributed by atoms with Crippen molar-refractivity contribution in [2.45, 2.75) is 25.8 Å². The van der Waals surface area contributed by atoms with Crippen LogP contribution in [0.1, 0.15) is 29.4 Å². The average Bonchev–Trinajstić information content (AvgIpc) is 3.05. The molecule has 0 saturated carbocycles. The number of hydrogen-bond acceptors (Lipinski definition) is 4. The van der Waals surface area contributed by atoms with E-state index in [9.17, 15) is 4.79 Å². The molecular weight excluding hydrogens is 264 g/mol. The fourth-order valence-corrected chi connectivity index (χ4v) is 3.34. The van der Waals surface area contributed by atoms with Crippen LogP contribution in [0.5, 0.6) is 0 Å². The first-order valence-electron chi connectivity index (χ1n) is 7.97. The van der Waals surface area contributed by atoms with Crippen LogP contribution in [-0.2, 0) is 6.42 Å². The topological polar surface area (TPSA) is 48.5 Å². The van der Waals surface area contributed by atoms with Crippen LogP contribution in [0.4, 0.5) is 0 Å². The van der Waals surface area contributed by atoms with Gasteiger partial charge in [0, 0.05) is 51.5 Å². The van der Waals surface area contributed by atoms with Gasteiger partial charge >= 0.3 is 0 Å². The van der Waals surface area contributed by atoms with E-state index in [4.69, 9.17) is 0 Å². The number of nitrogens with zero attached hydrogens (tertiary/aromatic N) is 3. The van der Waals surface area contributed by atoms with Crippen molar-refractivity contribution in [2.75, 3.05) is 39.3 Å². The highest BCUT2D eigenvalue weighted by atomic mass is 16.2. The van der Waals surface area contributed by atoms with Crippen molar-refractivity contribution in [3.05, 3.63) is 29.6 Å². The number of aromatic nitrogens is 1. The van der Waals surface area contributed by atoms with Gasteiger partial charge in [0.25, 0.3) is 5.91 Å². The minimum absolute atomic E-state index is 0.102. The molecule has 5 heteroatoms. The number of carbonyl (C=O) groups is 1. The number of rotatable bonds is 3. The Kier molecular flexibility index (Phi) is 4.51. The number of nitrogens with one attached hydrogen (secondary N) is 1. The lowest BCUT2D eigenvalue weighted by molar-refractivity contribution is 0.0766. The predicted octanol–water partition coefficient (Wildman–Crippen LogP) is 0.764. The van der Waals surface area contributed by atoms with Crippen molar-refractivity contribution in [3.63, 3.8) is 0 Å². The third-order valence-corrected chi connectivity index (χ3v) is 4.59. The van der Waals surface area contributed by atoms with Gasteiger partial charge in [0.15, 0.2) is 0 Å². The molecule has 21 heavy (non-hydrogen) atoms. The first kappa shape index (κ1) is 14.5. The maximum atomic E-state index is 12.7. The minimum Gasteiger partial charge on any atom is -0.336 e. The second-order valence-corrected chi connectivity index (χ2v) is 5.84. The van der Waals surface area contributed by atoms with Crippen molar-refractivity contribution < 1.29 is 4.79 Å². The molecule has 3 heterocycles. The number of hydrogen-bond donors (Lipinski definition) is 1. The predicted molar refractivity (Wildman–Crippen MR) is 82.4 cm³/mol. The maximum absolute atomic E-state index is 12.7. The summed E-state index contributed by atoms with van der Waals surface area (Å²) in [5, 5.41) is 3.38. The zero-order valence-electron chi connectivity index (χ0n) is 12.7. The molecule has 3 rings (SSSR count). The zero-order chi connectivity index (χ0) is 14.7. The highest BCUT2D eigenvalue weighted by Gasteiger charge is 2.32. The van der Waals surface area contributed by atoms with E-state index in [0.29, 0.717) is 11.7 Å². The van der Waals surface area contributed by atoms with Gasteiger partial charge in [0.2, 0.25) is 0 Å². The third kappa shape index (κ3) is 3.09. The van der Waals surface area contributed by atoms with Crippen molar-refractivity contribution >= 4 is 5.91 Å². The molecule has 2 saturated heterocycles. The van der Waals surface area contributed by atoms with Crippen molar-refractivity contribution in [1.29, 1.82) is 0 Å². The van der Waals surface area contributed by atoms with Crippen LogP contribution >= 0.6 is 0 Å². The second-order valence-electron chi connectivity index (χ2n) is 5.84. The Hall–Kier alpha value is -1.46. The van der Waals surface area contributed by atoms with Crippen LogP contribution in [0.3, 0.4) is 0 Å². The summed E-state index contributed by atoms with van der Waals surface area (Å²) in [6, 6.07) is 4.43. The Bertz CT molecular complexity index is 499. The molecule has 114 valence electrons. The van der Waals surface area contributed by atoms with Crippen molar-refractivity contribution in [3.8, 4) is 0 Å². The van der Waals surface area contributed by atoms with E-state index in [2.05, 4.69) is 22.1 Å². The van der Waals surface area contributed by atoms with Crippen LogP contribution in [0.2, 0.25) is 0 Å². The first-order chi connectivity index (χ1) is 10.3. The van der Waals surface area contributed by atoms with Crippen LogP contribution < -0.4 is 5.32 Å². The number of carbonyl (C=O) groups excluding carboxylic acids is 1. The highest BCUT2D eigenvalue weighted by molar-refractivity contribution is 5.93. The quantitative estimate of drug-likeness (QED) is 0.892. The van der Waals surface area contributed by atoms with Crippen LogP contribution in [0.15, 0.2) is 18.3 Å². The summed E-state index contributed by atoms with van der Waals surface area (Å²) in [6.45, 7) is 8.08. The summed E-state index contributed by atoms with van der Waals surface area (Å²) in [5.74, 6) is 0.102. The fourth-order valence-electron chi connectivity index (χ4n) is 3.34. The van der Waals surface area contributed by atoms with Gasteiger partial charge in [0.1, 0.15) is 5.69 Å². The first-order valence-corrected chi connectivity index (χ1v) is 7.97. The standard InChI is InChI=1S/C16H24N4O/c1-2-13-4-3-6-18-15(13)16(21)20-9-5-14(12-20)19-10-7-17-8-11-19/h3-4,6,14,17H,2,5,7-12H2,1H3. The van der Waals surface area contributed by atoms with E-state index < -0.39 is 0 Å². The van der Waals surface area contributed by atoms with E-state index >= 15 is 0 Å². The molecule has 1 N–H and O–H groups in total. The molecule has 2 aliphatic rings. The summed E-state index contributed by atoms with van der Waals surface area (Å²) in [7, 11) is 0. The summed E-state index contributed by atoms with van der Waals surface area (Å²) < 4.78 is 0. The molecule has 2 fully saturated rings. The third-order valence-electron chi connectivity index (χ3n) is 4.59. The molecule has 0 spiro atoms. The lowest BCUT2D eigenvalue weighted by atomic mass is 10.1. The van der Waals surface area contributed by atoms with Gasteiger partial charge in [-0.3, -0.25) is 14.7 Å². The summed E-state index contributed by atoms with van der Waals surface area (Å²) in [5.41, 5.74) is 1.69. The molecule has 5 nitrogen and oxygen atoms in total. The van der Waals surface area contributed by atoms with Crippen LogP contribution in [0.25, 0.3) is 0 Å². The molecule has 1 aromatic heterocycles. The summed E-state index contributed by atoms with van der Waals surface area (Å²) >= 11 is 0. The molecule has 1 aromatic rings. The zero-order valence-corrected chi connectivity index (χ0v) is 12.7. The maximum Gasteiger partial charge on any atom is 0.272 e. The average molecular weight is 288 g/mol. The normalized spacial score (nSPS) is 23.5. The van der Waals surface area contributed by atoms with Gasteiger partial charge in [-0.15, -0.1) is 0 Å². The van der Waals surface area contributed by atoms with E-state index in [1.165, 1.54) is 0 Å². The van der Waals surface area contributed by atoms with Crippen molar-refractivity contribution in [2.24, 2.45) is 0 Å². The van der Waals surface area contributed by atoms with Crippen LogP contribution in [0, 0.1) is 0 Å². The van der Waals surface area contributed by atoms with E-state index in [1.807, 2.05) is 17.0 Å². The smallest absolute Gasteiger partial charge is 0.272 e. The van der Waals surface area contributed by atoms with Gasteiger partial charge < -0.3 is 10.2 Å². The Morgan fingerprint density at radius 2 is 2.19 bits per heavy atom. The van der Waals surface area contributed by atoms with E-state index in [1.54, 1.807) is 6.20 Å². The Morgan fingerprint density at radius 3 is 2.95 bits per heavy atom. The number of pyridine rings is 1. The Labute approximate surface area is 126 Å². The Balaban J connectivity index is 1.66. The number of piperazine rings is 1. The van der Waals surface area contributed by atoms with E-state index in [0.717, 1.165) is 57.7 Å². The lowest BCUT2D eigenvalue weighted by Gasteiger charge is -2.32. The SMILES string of the molecule is CCc1cccnc1C(=O)N1CCC(N2CCNCC2)C1. The molecule has 0 bridgehead atoms. The van der Waals surface area contributed by atoms with Gasteiger partial charge in [0.05, 0.1) is 0 Å². The highest BCUT2D eigenvalue weighted by Crippen LogP contribution is 2.19. The van der Waals surface area contributed by atoms with Crippen molar-refractivity contribution in [1.82, 2.24) is 20.1 Å². The molecular formula is C16H24N4O. The molecule has 2 aliphatic heterocycles. The number of likely N-dealkylation sites (tertiary alicyclic amines) is 1. The van der Waals surface area contributed by atoms with Gasteiger partial charge in [-0.1, -0.05) is 13.0 Å². The number of aryl methyl sites for hydroxylation is 1. The molecule has 1 unspecified atom stereocenters. The van der Waals surface area contributed by atoms with Gasteiger partial charge in [-0.2, -0.15) is 0 Å².